The fourth-order valence-corrected chi connectivity index (χ4v) is 4.77. The lowest BCUT2D eigenvalue weighted by atomic mass is 9.12. The fourth-order valence-electron chi connectivity index (χ4n) is 4.77. The van der Waals surface area contributed by atoms with E-state index in [1.165, 1.54) is 0 Å². The van der Waals surface area contributed by atoms with Gasteiger partial charge in [0, 0.05) is 24.3 Å². The number of hydrogen-bond acceptors (Lipinski definition) is 0. The SMILES string of the molecule is C[NH2+]C(C)(C)C.Fc1cc(F)c([B-](c2c(F)cc(F)c(F)c2F)(c2c(F)cc(F)c(F)c2F)c2c(F)cc(F)c(F)c2F)c(F)c1F. The fraction of sp³-hybridized carbons (Fsp3) is 0.172. The first kappa shape index (κ1) is 37.2. The van der Waals surface area contributed by atoms with Gasteiger partial charge in [-0.15, -0.1) is 21.9 Å². The molecule has 4 aromatic rings. The Kier molecular flexibility index (Phi) is 10.4. The molecule has 1 nitrogen and oxygen atoms in total. The molecule has 0 spiro atoms. The summed E-state index contributed by atoms with van der Waals surface area (Å²) in [5, 5.41) is 2.19. The summed E-state index contributed by atoms with van der Waals surface area (Å²) in [5.74, 6) is -45.1. The van der Waals surface area contributed by atoms with Crippen LogP contribution in [-0.2, 0) is 0 Å². The number of halogens is 16. The van der Waals surface area contributed by atoms with Crippen molar-refractivity contribution >= 4 is 28.0 Å². The van der Waals surface area contributed by atoms with Gasteiger partial charge in [-0.25, -0.2) is 70.2 Å². The quantitative estimate of drug-likeness (QED) is 0.130. The minimum atomic E-state index is -6.18. The summed E-state index contributed by atoms with van der Waals surface area (Å²) in [6.45, 7) is 6.56. The number of nitrogens with two attached hydrogens (primary N) is 1. The molecule has 0 fully saturated rings. The average Bonchev–Trinajstić information content (AvgIpc) is 2.96. The highest BCUT2D eigenvalue weighted by atomic mass is 19.2. The zero-order valence-electron chi connectivity index (χ0n) is 24.0. The molecular formula is C29H18BF16N. The van der Waals surface area contributed by atoms with Gasteiger partial charge in [0.1, 0.15) is 29.4 Å². The average molecular weight is 695 g/mol. The van der Waals surface area contributed by atoms with Crippen molar-refractivity contribution in [3.63, 3.8) is 0 Å². The Balaban J connectivity index is 0.000000913. The monoisotopic (exact) mass is 695 g/mol. The molecule has 0 atom stereocenters. The minimum absolute atomic E-state index is 0.417. The molecule has 0 aromatic heterocycles. The van der Waals surface area contributed by atoms with Crippen LogP contribution in [0.2, 0.25) is 0 Å². The van der Waals surface area contributed by atoms with E-state index in [9.17, 15) is 35.1 Å². The molecule has 47 heavy (non-hydrogen) atoms. The smallest absolute Gasteiger partial charge is 0.191 e. The summed E-state index contributed by atoms with van der Waals surface area (Å²) in [6, 6.07) is -2.92. The van der Waals surface area contributed by atoms with Crippen LogP contribution in [0.3, 0.4) is 0 Å². The molecule has 0 aliphatic heterocycles. The van der Waals surface area contributed by atoms with Crippen molar-refractivity contribution in [3.8, 4) is 0 Å². The highest BCUT2D eigenvalue weighted by molar-refractivity contribution is 7.20. The lowest BCUT2D eigenvalue weighted by Crippen LogP contribution is -2.90. The summed E-state index contributed by atoms with van der Waals surface area (Å²) in [7, 11) is 2.08. The van der Waals surface area contributed by atoms with Crippen molar-refractivity contribution in [2.75, 3.05) is 7.05 Å². The number of quaternary nitrogens is 1. The summed E-state index contributed by atoms with van der Waals surface area (Å²) in [4.78, 5) is 0. The van der Waals surface area contributed by atoms with Crippen LogP contribution in [0, 0.1) is 93.1 Å². The standard InChI is InChI=1S/C24H4BF16.C5H13N/c26-5-1-9(30)17(34)21(38)13(5)25(14-6(27)2-10(31)18(35)22(14)39,15-7(28)3-11(32)19(36)23(15)40)16-8(29)4-12(33)20(37)24(16)41;1-5(2,3)6-4/h1-4H;6H,1-4H3/q-1;/p+1. The topological polar surface area (TPSA) is 16.6 Å². The highest BCUT2D eigenvalue weighted by Crippen LogP contribution is 2.27. The summed E-state index contributed by atoms with van der Waals surface area (Å²) >= 11 is 0. The summed E-state index contributed by atoms with van der Waals surface area (Å²) < 4.78 is 235. The molecule has 0 unspecified atom stereocenters. The number of hydrogen-bond donors (Lipinski definition) is 1. The van der Waals surface area contributed by atoms with Crippen LogP contribution in [0.5, 0.6) is 0 Å². The summed E-state index contributed by atoms with van der Waals surface area (Å²) in [6.07, 6.45) is -6.18. The zero-order valence-corrected chi connectivity index (χ0v) is 24.0. The molecular weight excluding hydrogens is 677 g/mol. The van der Waals surface area contributed by atoms with Gasteiger partial charge in [0.05, 0.1) is 35.9 Å². The van der Waals surface area contributed by atoms with E-state index in [1.54, 1.807) is 0 Å². The van der Waals surface area contributed by atoms with E-state index < -0.39 is 145 Å². The van der Waals surface area contributed by atoms with Crippen LogP contribution in [0.1, 0.15) is 20.8 Å². The first-order valence-corrected chi connectivity index (χ1v) is 12.9. The van der Waals surface area contributed by atoms with Crippen molar-refractivity contribution in [3.05, 3.63) is 117 Å². The molecule has 0 radical (unpaired) electrons. The van der Waals surface area contributed by atoms with E-state index in [-0.39, 0.29) is 0 Å². The van der Waals surface area contributed by atoms with Crippen LogP contribution in [0.15, 0.2) is 24.3 Å². The van der Waals surface area contributed by atoms with Gasteiger partial charge in [-0.3, -0.25) is 0 Å². The Bertz CT molecular complexity index is 1630. The Hall–Kier alpha value is -4.22. The van der Waals surface area contributed by atoms with E-state index >= 15 is 35.1 Å². The Morgan fingerprint density at radius 1 is 0.362 bits per heavy atom. The van der Waals surface area contributed by atoms with Gasteiger partial charge in [0.25, 0.3) is 0 Å². The molecule has 0 saturated heterocycles. The van der Waals surface area contributed by atoms with E-state index in [0.717, 1.165) is 0 Å². The van der Waals surface area contributed by atoms with Gasteiger partial charge in [-0.1, -0.05) is 0 Å². The zero-order chi connectivity index (χ0) is 36.1. The van der Waals surface area contributed by atoms with Gasteiger partial charge >= 0.3 is 0 Å². The molecule has 2 N–H and O–H groups in total. The van der Waals surface area contributed by atoms with Gasteiger partial charge in [0.2, 0.25) is 0 Å². The molecule has 0 bridgehead atoms. The maximum atomic E-state index is 15.3. The largest absolute Gasteiger partial charge is 0.345 e. The molecule has 18 heteroatoms. The van der Waals surface area contributed by atoms with E-state index in [2.05, 4.69) is 33.1 Å². The van der Waals surface area contributed by atoms with Gasteiger partial charge in [0.15, 0.2) is 46.5 Å². The van der Waals surface area contributed by atoms with Gasteiger partial charge in [-0.2, -0.15) is 0 Å². The number of rotatable bonds is 4. The molecule has 0 amide bonds. The van der Waals surface area contributed by atoms with E-state index in [0.29, 0.717) is 5.54 Å². The third-order valence-electron chi connectivity index (χ3n) is 7.20. The van der Waals surface area contributed by atoms with Crippen molar-refractivity contribution in [2.24, 2.45) is 0 Å². The predicted octanol–water partition coefficient (Wildman–Crippen LogP) is 5.27. The molecule has 0 saturated carbocycles. The van der Waals surface area contributed by atoms with Crippen molar-refractivity contribution < 1.29 is 75.6 Å². The van der Waals surface area contributed by atoms with Crippen LogP contribution < -0.4 is 27.2 Å². The third kappa shape index (κ3) is 6.26. The first-order chi connectivity index (χ1) is 21.6. The maximum Gasteiger partial charge on any atom is 0.191 e. The molecule has 4 rings (SSSR count). The molecule has 0 aliphatic rings. The van der Waals surface area contributed by atoms with Crippen molar-refractivity contribution in [2.45, 2.75) is 26.3 Å². The Morgan fingerprint density at radius 2 is 0.532 bits per heavy atom. The van der Waals surface area contributed by atoms with Gasteiger partial charge < -0.3 is 5.32 Å². The first-order valence-electron chi connectivity index (χ1n) is 12.9. The second-order valence-corrected chi connectivity index (χ2v) is 11.0. The van der Waals surface area contributed by atoms with Crippen LogP contribution in [-0.4, -0.2) is 18.7 Å². The van der Waals surface area contributed by atoms with Crippen molar-refractivity contribution in [1.29, 1.82) is 0 Å². The van der Waals surface area contributed by atoms with E-state index in [1.807, 2.05) is 0 Å². The third-order valence-corrected chi connectivity index (χ3v) is 7.20. The van der Waals surface area contributed by atoms with Gasteiger partial charge in [-0.05, 0) is 20.8 Å². The normalized spacial score (nSPS) is 11.9. The Morgan fingerprint density at radius 3 is 0.681 bits per heavy atom. The molecule has 4 aromatic carbocycles. The lowest BCUT2D eigenvalue weighted by Gasteiger charge is -2.44. The highest BCUT2D eigenvalue weighted by Gasteiger charge is 2.49. The van der Waals surface area contributed by atoms with Crippen LogP contribution >= 0.6 is 0 Å². The second kappa shape index (κ2) is 13.1. The van der Waals surface area contributed by atoms with Crippen LogP contribution in [0.25, 0.3) is 0 Å². The lowest BCUT2D eigenvalue weighted by molar-refractivity contribution is -0.692. The van der Waals surface area contributed by atoms with Crippen LogP contribution in [0.4, 0.5) is 70.2 Å². The van der Waals surface area contributed by atoms with E-state index in [4.69, 9.17) is 0 Å². The maximum absolute atomic E-state index is 15.3. The van der Waals surface area contributed by atoms with Crippen molar-refractivity contribution in [1.82, 2.24) is 0 Å². The summed E-state index contributed by atoms with van der Waals surface area (Å²) in [5.41, 5.74) is -10.5. The molecule has 0 heterocycles. The minimum Gasteiger partial charge on any atom is -0.345 e. The second-order valence-electron chi connectivity index (χ2n) is 11.0. The molecule has 0 aliphatic carbocycles. The predicted molar refractivity (Wildman–Crippen MR) is 137 cm³/mol. The number of benzene rings is 4. The Labute approximate surface area is 254 Å². The molecule has 254 valence electrons.